The number of esters is 1. The number of Topliss-reactive ketones (excluding diaryl/α,β-unsaturated/α-hetero) is 1. The number of benzene rings is 2. The second-order valence-corrected chi connectivity index (χ2v) is 8.24. The average molecular weight is 418 g/mol. The van der Waals surface area contributed by atoms with E-state index in [-0.39, 0.29) is 22.3 Å². The van der Waals surface area contributed by atoms with E-state index in [1.807, 2.05) is 0 Å². The Labute approximate surface area is 169 Å². The summed E-state index contributed by atoms with van der Waals surface area (Å²) in [5, 5.41) is 2.51. The van der Waals surface area contributed by atoms with Gasteiger partial charge in [0, 0.05) is 11.6 Å². The summed E-state index contributed by atoms with van der Waals surface area (Å²) in [5.74, 6) is -1.69. The van der Waals surface area contributed by atoms with E-state index in [4.69, 9.17) is 4.74 Å². The van der Waals surface area contributed by atoms with E-state index in [0.717, 1.165) is 0 Å². The van der Waals surface area contributed by atoms with Gasteiger partial charge in [-0.15, -0.1) is 0 Å². The molecule has 29 heavy (non-hydrogen) atoms. The molecule has 0 saturated carbocycles. The van der Waals surface area contributed by atoms with E-state index in [2.05, 4.69) is 10.0 Å². The number of anilines is 1. The van der Waals surface area contributed by atoms with Crippen LogP contribution >= 0.6 is 0 Å². The lowest BCUT2D eigenvalue weighted by molar-refractivity contribution is -0.119. The number of amides is 1. The summed E-state index contributed by atoms with van der Waals surface area (Å²) in [6, 6.07) is 11.5. The zero-order valence-corrected chi connectivity index (χ0v) is 17.1. The van der Waals surface area contributed by atoms with Crippen molar-refractivity contribution in [2.45, 2.75) is 31.7 Å². The monoisotopic (exact) mass is 418 g/mol. The summed E-state index contributed by atoms with van der Waals surface area (Å²) in [6.07, 6.45) is 0. The van der Waals surface area contributed by atoms with Crippen LogP contribution in [0.1, 0.15) is 41.5 Å². The lowest BCUT2D eigenvalue weighted by Crippen LogP contribution is -2.30. The summed E-state index contributed by atoms with van der Waals surface area (Å²) in [6.45, 7) is 4.14. The van der Waals surface area contributed by atoms with Gasteiger partial charge in [-0.2, -0.15) is 0 Å². The van der Waals surface area contributed by atoms with Crippen LogP contribution < -0.4 is 10.0 Å². The Morgan fingerprint density at radius 3 is 2.38 bits per heavy atom. The van der Waals surface area contributed by atoms with Crippen molar-refractivity contribution in [2.24, 2.45) is 0 Å². The molecule has 1 amide bonds. The van der Waals surface area contributed by atoms with E-state index >= 15 is 0 Å². The first-order valence-electron chi connectivity index (χ1n) is 8.79. The maximum absolute atomic E-state index is 12.2. The first kappa shape index (κ1) is 22.3. The molecule has 0 spiro atoms. The predicted molar refractivity (Wildman–Crippen MR) is 107 cm³/mol. The third-order valence-electron chi connectivity index (χ3n) is 3.69. The summed E-state index contributed by atoms with van der Waals surface area (Å²) in [7, 11) is -3.77. The van der Waals surface area contributed by atoms with Gasteiger partial charge in [-0.25, -0.2) is 17.9 Å². The van der Waals surface area contributed by atoms with Crippen LogP contribution in [-0.4, -0.2) is 38.7 Å². The van der Waals surface area contributed by atoms with E-state index in [1.54, 1.807) is 38.1 Å². The molecular weight excluding hydrogens is 396 g/mol. The van der Waals surface area contributed by atoms with Crippen molar-refractivity contribution in [2.75, 3.05) is 11.9 Å². The molecule has 0 saturated heterocycles. The molecule has 0 heterocycles. The van der Waals surface area contributed by atoms with Crippen molar-refractivity contribution in [1.82, 2.24) is 4.72 Å². The first-order chi connectivity index (χ1) is 13.6. The zero-order chi connectivity index (χ0) is 21.6. The van der Waals surface area contributed by atoms with Crippen LogP contribution in [0, 0.1) is 0 Å². The molecule has 2 aromatic rings. The molecule has 0 aliphatic heterocycles. The molecule has 9 heteroatoms. The van der Waals surface area contributed by atoms with E-state index < -0.39 is 28.5 Å². The molecule has 8 nitrogen and oxygen atoms in total. The van der Waals surface area contributed by atoms with Crippen molar-refractivity contribution in [3.8, 4) is 0 Å². The number of carbonyl (C=O) groups is 3. The molecule has 2 aromatic carbocycles. The van der Waals surface area contributed by atoms with Gasteiger partial charge in [-0.3, -0.25) is 9.59 Å². The minimum Gasteiger partial charge on any atom is -0.452 e. The summed E-state index contributed by atoms with van der Waals surface area (Å²) in [4.78, 5) is 35.8. The third kappa shape index (κ3) is 6.23. The minimum atomic E-state index is -3.77. The third-order valence-corrected chi connectivity index (χ3v) is 5.34. The van der Waals surface area contributed by atoms with Gasteiger partial charge in [0.1, 0.15) is 0 Å². The number of para-hydroxylation sites is 1. The summed E-state index contributed by atoms with van der Waals surface area (Å²) in [5.41, 5.74) is 0.644. The van der Waals surface area contributed by atoms with Crippen LogP contribution in [0.5, 0.6) is 0 Å². The summed E-state index contributed by atoms with van der Waals surface area (Å²) < 4.78 is 31.8. The number of hydrogen-bond acceptors (Lipinski definition) is 6. The number of ether oxygens (including phenoxy) is 1. The van der Waals surface area contributed by atoms with Crippen molar-refractivity contribution in [3.63, 3.8) is 0 Å². The van der Waals surface area contributed by atoms with Crippen LogP contribution in [0.15, 0.2) is 53.4 Å². The van der Waals surface area contributed by atoms with E-state index in [9.17, 15) is 22.8 Å². The van der Waals surface area contributed by atoms with Crippen molar-refractivity contribution in [3.05, 3.63) is 59.7 Å². The second-order valence-electron chi connectivity index (χ2n) is 6.53. The Morgan fingerprint density at radius 2 is 1.72 bits per heavy atom. The Bertz CT molecular complexity index is 1030. The second kappa shape index (κ2) is 9.44. The first-order valence-corrected chi connectivity index (χ1v) is 10.3. The van der Waals surface area contributed by atoms with Gasteiger partial charge in [0.25, 0.3) is 5.91 Å². The van der Waals surface area contributed by atoms with Gasteiger partial charge < -0.3 is 10.1 Å². The van der Waals surface area contributed by atoms with Gasteiger partial charge in [0.05, 0.1) is 16.1 Å². The molecule has 2 rings (SSSR count). The van der Waals surface area contributed by atoms with Gasteiger partial charge >= 0.3 is 5.97 Å². The SMILES string of the molecule is CC(=O)c1ccccc1NC(=O)COC(=O)c1cccc(S(=O)(=O)NC(C)C)c1. The van der Waals surface area contributed by atoms with Crippen LogP contribution in [0.25, 0.3) is 0 Å². The molecule has 0 bridgehead atoms. The molecule has 0 aliphatic carbocycles. The highest BCUT2D eigenvalue weighted by Crippen LogP contribution is 2.16. The van der Waals surface area contributed by atoms with Crippen molar-refractivity contribution in [1.29, 1.82) is 0 Å². The molecule has 0 fully saturated rings. The number of hydrogen-bond donors (Lipinski definition) is 2. The number of sulfonamides is 1. The maximum atomic E-state index is 12.2. The minimum absolute atomic E-state index is 0.00596. The van der Waals surface area contributed by atoms with Gasteiger partial charge in [-0.1, -0.05) is 18.2 Å². The van der Waals surface area contributed by atoms with E-state index in [0.29, 0.717) is 11.3 Å². The smallest absolute Gasteiger partial charge is 0.338 e. The molecule has 154 valence electrons. The summed E-state index contributed by atoms with van der Waals surface area (Å²) >= 11 is 0. The topological polar surface area (TPSA) is 119 Å². The Kier molecular flexibility index (Phi) is 7.24. The Morgan fingerprint density at radius 1 is 1.03 bits per heavy atom. The molecular formula is C20H22N2O6S. The fraction of sp³-hybridized carbons (Fsp3) is 0.250. The number of rotatable bonds is 8. The Balaban J connectivity index is 2.04. The quantitative estimate of drug-likeness (QED) is 0.502. The van der Waals surface area contributed by atoms with Crippen LogP contribution in [0.2, 0.25) is 0 Å². The van der Waals surface area contributed by atoms with Crippen molar-refractivity contribution >= 4 is 33.4 Å². The molecule has 0 unspecified atom stereocenters. The fourth-order valence-corrected chi connectivity index (χ4v) is 3.76. The lowest BCUT2D eigenvalue weighted by atomic mass is 10.1. The number of nitrogens with one attached hydrogen (secondary N) is 2. The Hall–Kier alpha value is -3.04. The molecule has 0 aliphatic rings. The zero-order valence-electron chi connectivity index (χ0n) is 16.3. The highest BCUT2D eigenvalue weighted by atomic mass is 32.2. The normalized spacial score (nSPS) is 11.2. The maximum Gasteiger partial charge on any atom is 0.338 e. The number of ketones is 1. The fourth-order valence-electron chi connectivity index (χ4n) is 2.47. The van der Waals surface area contributed by atoms with Crippen molar-refractivity contribution < 1.29 is 27.5 Å². The highest BCUT2D eigenvalue weighted by Gasteiger charge is 2.18. The molecule has 0 atom stereocenters. The van der Waals surface area contributed by atoms with Crippen LogP contribution in [0.4, 0.5) is 5.69 Å². The van der Waals surface area contributed by atoms with Gasteiger partial charge in [0.15, 0.2) is 12.4 Å². The van der Waals surface area contributed by atoms with E-state index in [1.165, 1.54) is 31.2 Å². The van der Waals surface area contributed by atoms with Gasteiger partial charge in [-0.05, 0) is 51.1 Å². The largest absolute Gasteiger partial charge is 0.452 e. The molecule has 0 radical (unpaired) electrons. The molecule has 2 N–H and O–H groups in total. The molecule has 0 aromatic heterocycles. The predicted octanol–water partition coefficient (Wildman–Crippen LogP) is 2.37. The lowest BCUT2D eigenvalue weighted by Gasteiger charge is -2.11. The van der Waals surface area contributed by atoms with Crippen LogP contribution in [-0.2, 0) is 19.6 Å². The standard InChI is InChI=1S/C20H22N2O6S/c1-13(2)22-29(26,27)16-8-6-7-15(11-16)20(25)28-12-19(24)21-18-10-5-4-9-17(18)14(3)23/h4-11,13,22H,12H2,1-3H3,(H,21,24). The average Bonchev–Trinajstić information content (AvgIpc) is 2.65. The van der Waals surface area contributed by atoms with Crippen LogP contribution in [0.3, 0.4) is 0 Å². The number of carbonyl (C=O) groups excluding carboxylic acids is 3. The highest BCUT2D eigenvalue weighted by molar-refractivity contribution is 7.89. The van der Waals surface area contributed by atoms with Gasteiger partial charge in [0.2, 0.25) is 10.0 Å².